The second-order valence-corrected chi connectivity index (χ2v) is 6.41. The molecule has 0 spiro atoms. The Bertz CT molecular complexity index is 791. The van der Waals surface area contributed by atoms with Gasteiger partial charge in [-0.15, -0.1) is 0 Å². The van der Waals surface area contributed by atoms with Crippen LogP contribution in [-0.2, 0) is 7.05 Å². The Morgan fingerprint density at radius 3 is 2.58 bits per heavy atom. The van der Waals surface area contributed by atoms with E-state index in [9.17, 15) is 9.59 Å². The van der Waals surface area contributed by atoms with Crippen molar-refractivity contribution in [2.24, 2.45) is 7.05 Å². The van der Waals surface area contributed by atoms with Crippen LogP contribution in [0.4, 0.5) is 0 Å². The van der Waals surface area contributed by atoms with Gasteiger partial charge in [-0.05, 0) is 31.9 Å². The summed E-state index contributed by atoms with van der Waals surface area (Å²) in [5, 5.41) is 8.42. The third-order valence-electron chi connectivity index (χ3n) is 4.63. The molecule has 1 saturated heterocycles. The maximum absolute atomic E-state index is 12.7. The highest BCUT2D eigenvalue weighted by molar-refractivity contribution is 6.04. The van der Waals surface area contributed by atoms with E-state index in [0.717, 1.165) is 38.9 Å². The molecule has 1 N–H and O–H groups in total. The van der Waals surface area contributed by atoms with E-state index < -0.39 is 0 Å². The lowest BCUT2D eigenvalue weighted by Gasteiger charge is -2.32. The third-order valence-corrected chi connectivity index (χ3v) is 4.63. The SMILES string of the molecule is CCCN1CCC(NC(=O)c2nn(C)c(=O)c3ccccc23)CC1. The molecule has 2 heterocycles. The summed E-state index contributed by atoms with van der Waals surface area (Å²) in [6.45, 7) is 5.33. The number of aromatic nitrogens is 2. The number of nitrogens with one attached hydrogen (secondary N) is 1. The van der Waals surface area contributed by atoms with Crippen LogP contribution < -0.4 is 10.9 Å². The van der Waals surface area contributed by atoms with Gasteiger partial charge in [0, 0.05) is 31.6 Å². The number of carbonyl (C=O) groups excluding carboxylic acids is 1. The zero-order chi connectivity index (χ0) is 17.1. The smallest absolute Gasteiger partial charge is 0.274 e. The number of amides is 1. The van der Waals surface area contributed by atoms with Crippen LogP contribution in [0.5, 0.6) is 0 Å². The molecule has 0 bridgehead atoms. The topological polar surface area (TPSA) is 67.2 Å². The molecule has 6 nitrogen and oxygen atoms in total. The Balaban J connectivity index is 1.78. The molecule has 0 atom stereocenters. The number of likely N-dealkylation sites (tertiary alicyclic amines) is 1. The highest BCUT2D eigenvalue weighted by Crippen LogP contribution is 2.15. The standard InChI is InChI=1S/C18H24N4O2/c1-3-10-22-11-8-13(9-12-22)19-17(23)16-14-6-4-5-7-15(14)18(24)21(2)20-16/h4-7,13H,3,8-12H2,1-2H3,(H,19,23). The number of nitrogens with zero attached hydrogens (tertiary/aromatic N) is 3. The number of aryl methyl sites for hydroxylation is 1. The molecule has 2 aromatic rings. The van der Waals surface area contributed by atoms with Gasteiger partial charge in [-0.1, -0.05) is 25.1 Å². The zero-order valence-electron chi connectivity index (χ0n) is 14.3. The van der Waals surface area contributed by atoms with Crippen molar-refractivity contribution < 1.29 is 4.79 Å². The first kappa shape index (κ1) is 16.6. The monoisotopic (exact) mass is 328 g/mol. The fourth-order valence-corrected chi connectivity index (χ4v) is 3.34. The minimum absolute atomic E-state index is 0.170. The molecule has 0 aliphatic carbocycles. The molecule has 1 amide bonds. The Hall–Kier alpha value is -2.21. The molecule has 24 heavy (non-hydrogen) atoms. The highest BCUT2D eigenvalue weighted by atomic mass is 16.2. The van der Waals surface area contributed by atoms with Crippen LogP contribution in [0.25, 0.3) is 10.8 Å². The van der Waals surface area contributed by atoms with Crippen molar-refractivity contribution in [3.05, 3.63) is 40.3 Å². The maximum Gasteiger partial charge on any atom is 0.274 e. The van der Waals surface area contributed by atoms with Crippen LogP contribution in [-0.4, -0.2) is 46.3 Å². The summed E-state index contributed by atoms with van der Waals surface area (Å²) in [7, 11) is 1.58. The molecule has 0 unspecified atom stereocenters. The summed E-state index contributed by atoms with van der Waals surface area (Å²) in [5.41, 5.74) is 0.138. The molecule has 1 aromatic carbocycles. The second kappa shape index (κ2) is 7.13. The van der Waals surface area contributed by atoms with Crippen molar-refractivity contribution in [2.45, 2.75) is 32.2 Å². The lowest BCUT2D eigenvalue weighted by molar-refractivity contribution is 0.0906. The molecule has 1 aliphatic rings. The number of hydrogen-bond donors (Lipinski definition) is 1. The molecule has 3 rings (SSSR count). The average molecular weight is 328 g/mol. The largest absolute Gasteiger partial charge is 0.348 e. The molecule has 0 saturated carbocycles. The van der Waals surface area contributed by atoms with Gasteiger partial charge in [0.05, 0.1) is 5.39 Å². The van der Waals surface area contributed by atoms with Gasteiger partial charge in [0.25, 0.3) is 11.5 Å². The molecule has 128 valence electrons. The number of carbonyl (C=O) groups is 1. The minimum Gasteiger partial charge on any atom is -0.348 e. The number of piperidine rings is 1. The van der Waals surface area contributed by atoms with Crippen molar-refractivity contribution in [1.82, 2.24) is 20.0 Å². The number of fused-ring (bicyclic) bond motifs is 1. The molecule has 1 aliphatic heterocycles. The zero-order valence-corrected chi connectivity index (χ0v) is 14.3. The third kappa shape index (κ3) is 3.33. The van der Waals surface area contributed by atoms with Gasteiger partial charge >= 0.3 is 0 Å². The van der Waals surface area contributed by atoms with Crippen LogP contribution in [0, 0.1) is 0 Å². The first-order valence-electron chi connectivity index (χ1n) is 8.59. The van der Waals surface area contributed by atoms with Crippen LogP contribution in [0.2, 0.25) is 0 Å². The van der Waals surface area contributed by atoms with E-state index in [1.54, 1.807) is 25.2 Å². The second-order valence-electron chi connectivity index (χ2n) is 6.41. The van der Waals surface area contributed by atoms with Crippen molar-refractivity contribution in [3.63, 3.8) is 0 Å². The Morgan fingerprint density at radius 2 is 1.92 bits per heavy atom. The summed E-state index contributed by atoms with van der Waals surface area (Å²) in [4.78, 5) is 27.3. The first-order valence-corrected chi connectivity index (χ1v) is 8.59. The van der Waals surface area contributed by atoms with Crippen molar-refractivity contribution in [1.29, 1.82) is 0 Å². The Morgan fingerprint density at radius 1 is 1.25 bits per heavy atom. The summed E-state index contributed by atoms with van der Waals surface area (Å²) < 4.78 is 1.24. The first-order chi connectivity index (χ1) is 11.6. The Kier molecular flexibility index (Phi) is 4.94. The van der Waals surface area contributed by atoms with E-state index in [-0.39, 0.29) is 17.5 Å². The lowest BCUT2D eigenvalue weighted by atomic mass is 10.0. The molecule has 1 fully saturated rings. The Labute approximate surface area is 141 Å². The predicted molar refractivity (Wildman–Crippen MR) is 94.2 cm³/mol. The van der Waals surface area contributed by atoms with Crippen LogP contribution in [0.15, 0.2) is 29.1 Å². The lowest BCUT2D eigenvalue weighted by Crippen LogP contribution is -2.45. The number of rotatable bonds is 4. The number of benzene rings is 1. The van der Waals surface area contributed by atoms with Gasteiger partial charge in [-0.25, -0.2) is 4.68 Å². The predicted octanol–water partition coefficient (Wildman–Crippen LogP) is 1.54. The molecule has 1 aromatic heterocycles. The van der Waals surface area contributed by atoms with E-state index in [2.05, 4.69) is 22.2 Å². The fraction of sp³-hybridized carbons (Fsp3) is 0.500. The maximum atomic E-state index is 12.7. The van der Waals surface area contributed by atoms with Gasteiger partial charge < -0.3 is 10.2 Å². The van der Waals surface area contributed by atoms with Gasteiger partial charge in [0.1, 0.15) is 0 Å². The van der Waals surface area contributed by atoms with Crippen LogP contribution in [0.3, 0.4) is 0 Å². The molecule has 6 heteroatoms. The van der Waals surface area contributed by atoms with Crippen LogP contribution in [0.1, 0.15) is 36.7 Å². The van der Waals surface area contributed by atoms with E-state index >= 15 is 0 Å². The minimum atomic E-state index is -0.198. The van der Waals surface area contributed by atoms with Gasteiger partial charge in [0.2, 0.25) is 0 Å². The van der Waals surface area contributed by atoms with Crippen molar-refractivity contribution >= 4 is 16.7 Å². The highest BCUT2D eigenvalue weighted by Gasteiger charge is 2.22. The quantitative estimate of drug-likeness (QED) is 0.924. The normalized spacial score (nSPS) is 16.4. The molecular weight excluding hydrogens is 304 g/mol. The van der Waals surface area contributed by atoms with E-state index in [1.165, 1.54) is 4.68 Å². The van der Waals surface area contributed by atoms with Gasteiger partial charge in [-0.2, -0.15) is 5.10 Å². The summed E-state index contributed by atoms with van der Waals surface area (Å²) in [6, 6.07) is 7.31. The summed E-state index contributed by atoms with van der Waals surface area (Å²) in [5.74, 6) is -0.198. The van der Waals surface area contributed by atoms with E-state index in [1.807, 2.05) is 6.07 Å². The van der Waals surface area contributed by atoms with Crippen molar-refractivity contribution in [2.75, 3.05) is 19.6 Å². The fourth-order valence-electron chi connectivity index (χ4n) is 3.34. The van der Waals surface area contributed by atoms with Gasteiger partial charge in [0.15, 0.2) is 5.69 Å². The van der Waals surface area contributed by atoms with Crippen LogP contribution >= 0.6 is 0 Å². The van der Waals surface area contributed by atoms with E-state index in [4.69, 9.17) is 0 Å². The molecule has 0 radical (unpaired) electrons. The van der Waals surface area contributed by atoms with Gasteiger partial charge in [-0.3, -0.25) is 9.59 Å². The number of hydrogen-bond acceptors (Lipinski definition) is 4. The average Bonchev–Trinajstić information content (AvgIpc) is 2.60. The van der Waals surface area contributed by atoms with E-state index in [0.29, 0.717) is 16.5 Å². The van der Waals surface area contributed by atoms with Crippen molar-refractivity contribution in [3.8, 4) is 0 Å². The summed E-state index contributed by atoms with van der Waals surface area (Å²) >= 11 is 0. The molecular formula is C18H24N4O2. The summed E-state index contributed by atoms with van der Waals surface area (Å²) in [6.07, 6.45) is 3.07.